The van der Waals surface area contributed by atoms with Gasteiger partial charge in [0.2, 0.25) is 0 Å². The predicted octanol–water partition coefficient (Wildman–Crippen LogP) is 5.09. The molecule has 188 valence electrons. The number of carbonyl (C=O) groups is 2. The fraction of sp³-hybridized carbons (Fsp3) is 0.407. The average molecular weight is 490 g/mol. The normalized spacial score (nSPS) is 15.2. The number of nitrogens with one attached hydrogen (secondary N) is 1. The number of amides is 2. The molecule has 9 heteroatoms. The van der Waals surface area contributed by atoms with Crippen molar-refractivity contribution in [1.29, 1.82) is 0 Å². The number of likely N-dealkylation sites (tertiary alicyclic amines) is 1. The van der Waals surface area contributed by atoms with Crippen molar-refractivity contribution in [3.8, 4) is 0 Å². The second-order valence-corrected chi connectivity index (χ2v) is 10.7. The number of hydrogen-bond donors (Lipinski definition) is 1. The van der Waals surface area contributed by atoms with Gasteiger partial charge in [0.25, 0.3) is 0 Å². The van der Waals surface area contributed by atoms with Gasteiger partial charge in [-0.15, -0.1) is 0 Å². The zero-order valence-corrected chi connectivity index (χ0v) is 21.5. The van der Waals surface area contributed by atoms with Gasteiger partial charge in [-0.05, 0) is 63.4 Å². The highest BCUT2D eigenvalue weighted by atomic mass is 16.6. The van der Waals surface area contributed by atoms with Gasteiger partial charge in [-0.1, -0.05) is 19.9 Å². The van der Waals surface area contributed by atoms with Crippen molar-refractivity contribution in [1.82, 2.24) is 19.4 Å². The summed E-state index contributed by atoms with van der Waals surface area (Å²) in [4.78, 5) is 47.4. The summed E-state index contributed by atoms with van der Waals surface area (Å²) in [5.41, 5.74) is 2.45. The molecule has 0 aliphatic carbocycles. The van der Waals surface area contributed by atoms with Gasteiger partial charge in [0.05, 0.1) is 0 Å². The Kier molecular flexibility index (Phi) is 6.45. The van der Waals surface area contributed by atoms with E-state index < -0.39 is 17.7 Å². The molecule has 0 unspecified atom stereocenters. The highest BCUT2D eigenvalue weighted by molar-refractivity contribution is 5.91. The van der Waals surface area contributed by atoms with Gasteiger partial charge < -0.3 is 4.74 Å². The van der Waals surface area contributed by atoms with Crippen LogP contribution in [0, 0.1) is 12.3 Å². The minimum absolute atomic E-state index is 0.350. The summed E-state index contributed by atoms with van der Waals surface area (Å²) in [6, 6.07) is 6.99. The molecule has 36 heavy (non-hydrogen) atoms. The lowest BCUT2D eigenvalue weighted by molar-refractivity contribution is 0.0543. The third kappa shape index (κ3) is 5.02. The first-order valence-electron chi connectivity index (χ1n) is 11.9. The van der Waals surface area contributed by atoms with E-state index in [0.717, 1.165) is 22.2 Å². The lowest BCUT2D eigenvalue weighted by Crippen LogP contribution is -2.33. The van der Waals surface area contributed by atoms with Crippen molar-refractivity contribution in [3.63, 3.8) is 0 Å². The maximum atomic E-state index is 12.8. The molecule has 0 bridgehead atoms. The Balaban J connectivity index is 1.55. The van der Waals surface area contributed by atoms with Gasteiger partial charge in [-0.2, -0.15) is 0 Å². The van der Waals surface area contributed by atoms with Crippen LogP contribution in [0.1, 0.15) is 57.9 Å². The second kappa shape index (κ2) is 9.24. The van der Waals surface area contributed by atoms with Crippen molar-refractivity contribution < 1.29 is 19.1 Å². The number of pyridine rings is 2. The first kappa shape index (κ1) is 25.1. The number of hydrogen-bond acceptors (Lipinski definition) is 6. The number of fused-ring (bicyclic) bond motifs is 1. The van der Waals surface area contributed by atoms with Crippen LogP contribution in [-0.2, 0) is 16.0 Å². The summed E-state index contributed by atoms with van der Waals surface area (Å²) in [5.74, 6) is 2.32. The molecule has 0 radical (unpaired) electrons. The van der Waals surface area contributed by atoms with Crippen LogP contribution in [0.3, 0.4) is 0 Å². The smallest absolute Gasteiger partial charge is 0.420 e. The Labute approximate surface area is 210 Å². The number of anilines is 1. The van der Waals surface area contributed by atoms with Gasteiger partial charge in [-0.25, -0.2) is 28.9 Å². The highest BCUT2D eigenvalue weighted by Gasteiger charge is 2.39. The minimum atomic E-state index is -0.628. The summed E-state index contributed by atoms with van der Waals surface area (Å²) >= 11 is 0. The number of allylic oxidation sites excluding steroid dienone is 1. The molecule has 1 fully saturated rings. The van der Waals surface area contributed by atoms with E-state index in [4.69, 9.17) is 4.74 Å². The van der Waals surface area contributed by atoms with Crippen LogP contribution in [0.15, 0.2) is 42.4 Å². The van der Waals surface area contributed by atoms with Gasteiger partial charge in [0.15, 0.2) is 0 Å². The fourth-order valence-electron chi connectivity index (χ4n) is 4.33. The predicted molar refractivity (Wildman–Crippen MR) is 136 cm³/mol. The van der Waals surface area contributed by atoms with Gasteiger partial charge in [0, 0.05) is 41.9 Å². The molecule has 1 saturated heterocycles. The zero-order chi connectivity index (χ0) is 26.3. The van der Waals surface area contributed by atoms with E-state index >= 15 is 0 Å². The second-order valence-electron chi connectivity index (χ2n) is 10.7. The SMILES string of the molecule is Cc1nc(NC(=O)N2CCC(C)(C)C2=C=O)ccc1Cc1cn(C(=O)OC(C)(C)C)c2ncccc12. The fourth-order valence-corrected chi connectivity index (χ4v) is 4.33. The third-order valence-corrected chi connectivity index (χ3v) is 6.26. The third-order valence-electron chi connectivity index (χ3n) is 6.26. The van der Waals surface area contributed by atoms with Crippen LogP contribution in [0.5, 0.6) is 0 Å². The van der Waals surface area contributed by atoms with Gasteiger partial charge in [0.1, 0.15) is 28.7 Å². The summed E-state index contributed by atoms with van der Waals surface area (Å²) in [7, 11) is 0. The maximum Gasteiger partial charge on any atom is 0.420 e. The van der Waals surface area contributed by atoms with E-state index in [0.29, 0.717) is 36.5 Å². The van der Waals surface area contributed by atoms with E-state index in [-0.39, 0.29) is 5.41 Å². The van der Waals surface area contributed by atoms with E-state index in [2.05, 4.69) is 15.3 Å². The largest absolute Gasteiger partial charge is 0.443 e. The first-order chi connectivity index (χ1) is 16.9. The molecule has 0 atom stereocenters. The molecule has 3 aromatic rings. The number of nitrogens with zero attached hydrogens (tertiary/aromatic N) is 4. The van der Waals surface area contributed by atoms with Crippen LogP contribution in [0.25, 0.3) is 11.0 Å². The maximum absolute atomic E-state index is 12.8. The Morgan fingerprint density at radius 3 is 2.61 bits per heavy atom. The standard InChI is InChI=1S/C27H31N5O4/c1-17-18(9-10-22(29-17)30-24(34)31-13-11-27(5,6)21(31)16-33)14-19-15-32(25(35)36-26(2,3)4)23-20(19)8-7-12-28-23/h7-10,12,15H,11,13-14H2,1-6H3,(H,29,30,34). The number of carbonyl (C=O) groups excluding carboxylic acids is 3. The molecule has 0 aromatic carbocycles. The van der Waals surface area contributed by atoms with Crippen molar-refractivity contribution in [2.24, 2.45) is 5.41 Å². The Bertz CT molecular complexity index is 1390. The van der Waals surface area contributed by atoms with Crippen molar-refractivity contribution >= 4 is 34.9 Å². The van der Waals surface area contributed by atoms with Crippen LogP contribution in [-0.4, -0.2) is 49.6 Å². The Hall–Kier alpha value is -3.97. The van der Waals surface area contributed by atoms with Gasteiger partial charge in [-0.3, -0.25) is 10.2 Å². The summed E-state index contributed by atoms with van der Waals surface area (Å²) < 4.78 is 6.98. The Morgan fingerprint density at radius 1 is 1.19 bits per heavy atom. The van der Waals surface area contributed by atoms with Gasteiger partial charge >= 0.3 is 12.1 Å². The molecule has 1 aliphatic heterocycles. The summed E-state index contributed by atoms with van der Waals surface area (Å²) in [6.07, 6.45) is 4.12. The zero-order valence-electron chi connectivity index (χ0n) is 21.5. The number of urea groups is 1. The van der Waals surface area contributed by atoms with E-state index in [9.17, 15) is 14.4 Å². The molecule has 1 N–H and O–H groups in total. The van der Waals surface area contributed by atoms with Crippen LogP contribution in [0.4, 0.5) is 15.4 Å². The molecule has 4 rings (SSSR count). The van der Waals surface area contributed by atoms with Crippen LogP contribution < -0.4 is 5.32 Å². The molecule has 0 spiro atoms. The Morgan fingerprint density at radius 2 is 1.94 bits per heavy atom. The number of aryl methyl sites for hydroxylation is 1. The van der Waals surface area contributed by atoms with Crippen LogP contribution >= 0.6 is 0 Å². The summed E-state index contributed by atoms with van der Waals surface area (Å²) in [6.45, 7) is 11.6. The minimum Gasteiger partial charge on any atom is -0.443 e. The first-order valence-corrected chi connectivity index (χ1v) is 11.9. The monoisotopic (exact) mass is 489 g/mol. The van der Waals surface area contributed by atoms with E-state index in [1.54, 1.807) is 18.5 Å². The molecule has 0 saturated carbocycles. The van der Waals surface area contributed by atoms with Crippen molar-refractivity contribution in [3.05, 3.63) is 59.2 Å². The molecule has 3 aromatic heterocycles. The topological polar surface area (TPSA) is 106 Å². The molecular formula is C27H31N5O4. The molecule has 9 nitrogen and oxygen atoms in total. The summed E-state index contributed by atoms with van der Waals surface area (Å²) in [5, 5.41) is 3.64. The number of aromatic nitrogens is 3. The molecule has 4 heterocycles. The van der Waals surface area contributed by atoms with Crippen molar-refractivity contribution in [2.75, 3.05) is 11.9 Å². The molecule has 2 amide bonds. The number of ether oxygens (including phenoxy) is 1. The van der Waals surface area contributed by atoms with E-state index in [1.165, 1.54) is 9.47 Å². The highest BCUT2D eigenvalue weighted by Crippen LogP contribution is 2.38. The van der Waals surface area contributed by atoms with E-state index in [1.807, 2.05) is 65.7 Å². The lowest BCUT2D eigenvalue weighted by atomic mass is 9.90. The van der Waals surface area contributed by atoms with Crippen molar-refractivity contribution in [2.45, 2.75) is 60.0 Å². The molecule has 1 aliphatic rings. The lowest BCUT2D eigenvalue weighted by Gasteiger charge is -2.21. The van der Waals surface area contributed by atoms with Crippen LogP contribution in [0.2, 0.25) is 0 Å². The number of rotatable bonds is 3. The molecular weight excluding hydrogens is 458 g/mol. The quantitative estimate of drug-likeness (QED) is 0.514. The average Bonchev–Trinajstić information content (AvgIpc) is 3.31.